The molecular weight excluding hydrogens is 252 g/mol. The molecule has 1 aliphatic carbocycles. The van der Waals surface area contributed by atoms with E-state index in [0.29, 0.717) is 6.04 Å². The van der Waals surface area contributed by atoms with Crippen LogP contribution in [0.25, 0.3) is 0 Å². The minimum Gasteiger partial charge on any atom is -0.394 e. The molecule has 0 bridgehead atoms. The second kappa shape index (κ2) is 8.98. The lowest BCUT2D eigenvalue weighted by molar-refractivity contribution is 0.0950. The van der Waals surface area contributed by atoms with Crippen LogP contribution in [0, 0.1) is 5.92 Å². The molecule has 4 heteroatoms. The van der Waals surface area contributed by atoms with Gasteiger partial charge in [-0.2, -0.15) is 0 Å². The van der Waals surface area contributed by atoms with Gasteiger partial charge < -0.3 is 15.2 Å². The van der Waals surface area contributed by atoms with Crippen molar-refractivity contribution in [1.29, 1.82) is 0 Å². The van der Waals surface area contributed by atoms with Crippen molar-refractivity contribution in [2.45, 2.75) is 58.0 Å². The zero-order chi connectivity index (χ0) is 15.0. The summed E-state index contributed by atoms with van der Waals surface area (Å²) in [5.74, 6) is 0.871. The smallest absolute Gasteiger partial charge is 0.0611 e. The van der Waals surface area contributed by atoms with Gasteiger partial charge in [-0.15, -0.1) is 0 Å². The van der Waals surface area contributed by atoms with Crippen molar-refractivity contribution < 1.29 is 9.84 Å². The molecule has 2 atom stereocenters. The van der Waals surface area contributed by atoms with Crippen LogP contribution in [0.15, 0.2) is 0 Å². The van der Waals surface area contributed by atoms with Crippen LogP contribution in [0.5, 0.6) is 0 Å². The van der Waals surface area contributed by atoms with Gasteiger partial charge in [-0.25, -0.2) is 0 Å². The Morgan fingerprint density at radius 1 is 1.40 bits per heavy atom. The Morgan fingerprint density at radius 3 is 2.60 bits per heavy atom. The number of ether oxygens (including phenoxy) is 1. The Hall–Kier alpha value is -0.160. The quantitative estimate of drug-likeness (QED) is 0.575. The lowest BCUT2D eigenvalue weighted by Gasteiger charge is -2.35. The molecule has 4 nitrogen and oxygen atoms in total. The highest BCUT2D eigenvalue weighted by molar-refractivity contribution is 4.88. The van der Waals surface area contributed by atoms with Crippen LogP contribution >= 0.6 is 0 Å². The molecule has 0 saturated heterocycles. The third kappa shape index (κ3) is 6.08. The average Bonchev–Trinajstić information content (AvgIpc) is 3.29. The van der Waals surface area contributed by atoms with E-state index in [9.17, 15) is 5.11 Å². The van der Waals surface area contributed by atoms with Crippen LogP contribution in [-0.4, -0.2) is 61.5 Å². The van der Waals surface area contributed by atoms with Gasteiger partial charge in [-0.05, 0) is 52.0 Å². The highest BCUT2D eigenvalue weighted by Gasteiger charge is 2.33. The number of methoxy groups -OCH3 is 1. The maximum Gasteiger partial charge on any atom is 0.0611 e. The summed E-state index contributed by atoms with van der Waals surface area (Å²) >= 11 is 0. The SMILES string of the molecule is CCCNC(C)(CO)CCN(CCOC)C(C)C1CC1. The molecule has 0 spiro atoms. The zero-order valence-corrected chi connectivity index (χ0v) is 13.8. The molecule has 120 valence electrons. The third-order valence-corrected chi connectivity index (χ3v) is 4.56. The van der Waals surface area contributed by atoms with Gasteiger partial charge >= 0.3 is 0 Å². The molecule has 0 aromatic carbocycles. The van der Waals surface area contributed by atoms with Gasteiger partial charge in [0.25, 0.3) is 0 Å². The fourth-order valence-corrected chi connectivity index (χ4v) is 2.64. The maximum atomic E-state index is 9.66. The van der Waals surface area contributed by atoms with E-state index in [2.05, 4.69) is 31.0 Å². The van der Waals surface area contributed by atoms with Crippen molar-refractivity contribution in [2.75, 3.05) is 40.0 Å². The summed E-state index contributed by atoms with van der Waals surface area (Å²) in [6.07, 6.45) is 4.82. The summed E-state index contributed by atoms with van der Waals surface area (Å²) < 4.78 is 5.24. The number of aliphatic hydroxyl groups is 1. The number of aliphatic hydroxyl groups excluding tert-OH is 1. The summed E-state index contributed by atoms with van der Waals surface area (Å²) in [7, 11) is 1.76. The molecular formula is C16H34N2O2. The van der Waals surface area contributed by atoms with Crippen LogP contribution in [-0.2, 0) is 4.74 Å². The van der Waals surface area contributed by atoms with Crippen LogP contribution in [0.4, 0.5) is 0 Å². The van der Waals surface area contributed by atoms with E-state index in [4.69, 9.17) is 4.74 Å². The van der Waals surface area contributed by atoms with Crippen LogP contribution in [0.3, 0.4) is 0 Å². The van der Waals surface area contributed by atoms with E-state index < -0.39 is 0 Å². The van der Waals surface area contributed by atoms with Crippen LogP contribution < -0.4 is 5.32 Å². The maximum absolute atomic E-state index is 9.66. The summed E-state index contributed by atoms with van der Waals surface area (Å²) in [6.45, 7) is 10.6. The van der Waals surface area contributed by atoms with Crippen molar-refractivity contribution in [3.63, 3.8) is 0 Å². The van der Waals surface area contributed by atoms with Gasteiger partial charge in [-0.1, -0.05) is 6.92 Å². The van der Waals surface area contributed by atoms with E-state index in [0.717, 1.165) is 45.0 Å². The average molecular weight is 286 g/mol. The summed E-state index contributed by atoms with van der Waals surface area (Å²) in [4.78, 5) is 2.53. The summed E-state index contributed by atoms with van der Waals surface area (Å²) in [5.41, 5.74) is -0.162. The van der Waals surface area contributed by atoms with Gasteiger partial charge in [0.15, 0.2) is 0 Å². The molecule has 1 rings (SSSR count). The zero-order valence-electron chi connectivity index (χ0n) is 13.8. The van der Waals surface area contributed by atoms with E-state index >= 15 is 0 Å². The molecule has 20 heavy (non-hydrogen) atoms. The fourth-order valence-electron chi connectivity index (χ4n) is 2.64. The van der Waals surface area contributed by atoms with Crippen molar-refractivity contribution >= 4 is 0 Å². The molecule has 0 heterocycles. The van der Waals surface area contributed by atoms with Crippen molar-refractivity contribution in [2.24, 2.45) is 5.92 Å². The number of rotatable bonds is 12. The molecule has 0 aromatic rings. The van der Waals surface area contributed by atoms with Gasteiger partial charge in [-0.3, -0.25) is 4.90 Å². The molecule has 1 fully saturated rings. The highest BCUT2D eigenvalue weighted by atomic mass is 16.5. The number of hydrogen-bond donors (Lipinski definition) is 2. The van der Waals surface area contributed by atoms with Gasteiger partial charge in [0, 0.05) is 31.8 Å². The normalized spacial score (nSPS) is 20.1. The van der Waals surface area contributed by atoms with Crippen molar-refractivity contribution in [3.8, 4) is 0 Å². The molecule has 0 aromatic heterocycles. The van der Waals surface area contributed by atoms with Crippen LogP contribution in [0.1, 0.15) is 46.5 Å². The second-order valence-corrected chi connectivity index (χ2v) is 6.50. The number of hydrogen-bond acceptors (Lipinski definition) is 4. The van der Waals surface area contributed by atoms with E-state index in [-0.39, 0.29) is 12.1 Å². The van der Waals surface area contributed by atoms with Gasteiger partial charge in [0.1, 0.15) is 0 Å². The molecule has 0 radical (unpaired) electrons. The Morgan fingerprint density at radius 2 is 2.10 bits per heavy atom. The Kier molecular flexibility index (Phi) is 8.03. The molecule has 2 unspecified atom stereocenters. The topological polar surface area (TPSA) is 44.7 Å². The van der Waals surface area contributed by atoms with E-state index in [1.807, 2.05) is 0 Å². The highest BCUT2D eigenvalue weighted by Crippen LogP contribution is 2.35. The van der Waals surface area contributed by atoms with Gasteiger partial charge in [0.2, 0.25) is 0 Å². The van der Waals surface area contributed by atoms with E-state index in [1.165, 1.54) is 12.8 Å². The van der Waals surface area contributed by atoms with E-state index in [1.54, 1.807) is 7.11 Å². The lowest BCUT2D eigenvalue weighted by Crippen LogP contribution is -2.49. The molecule has 1 saturated carbocycles. The largest absolute Gasteiger partial charge is 0.394 e. The first-order chi connectivity index (χ1) is 9.56. The molecule has 0 amide bonds. The third-order valence-electron chi connectivity index (χ3n) is 4.56. The Balaban J connectivity index is 2.45. The standard InChI is InChI=1S/C16H34N2O2/c1-5-9-17-16(3,13-19)8-10-18(11-12-20-4)14(2)15-6-7-15/h14-15,17,19H,5-13H2,1-4H3. The Labute approximate surface area is 124 Å². The minimum absolute atomic E-state index is 0.162. The predicted molar refractivity (Wildman–Crippen MR) is 84.0 cm³/mol. The van der Waals surface area contributed by atoms with Crippen molar-refractivity contribution in [3.05, 3.63) is 0 Å². The molecule has 2 N–H and O–H groups in total. The number of nitrogens with zero attached hydrogens (tertiary/aromatic N) is 1. The first-order valence-electron chi connectivity index (χ1n) is 8.15. The molecule has 0 aliphatic heterocycles. The minimum atomic E-state index is -0.162. The monoisotopic (exact) mass is 286 g/mol. The Bertz CT molecular complexity index is 259. The summed E-state index contributed by atoms with van der Waals surface area (Å²) in [6, 6.07) is 0.638. The first kappa shape index (κ1) is 17.9. The first-order valence-corrected chi connectivity index (χ1v) is 8.15. The van der Waals surface area contributed by atoms with Gasteiger partial charge in [0.05, 0.1) is 13.2 Å². The molecule has 1 aliphatic rings. The second-order valence-electron chi connectivity index (χ2n) is 6.50. The van der Waals surface area contributed by atoms with Crippen LogP contribution in [0.2, 0.25) is 0 Å². The predicted octanol–water partition coefficient (Wildman–Crippen LogP) is 1.87. The number of nitrogens with one attached hydrogen (secondary N) is 1. The summed E-state index contributed by atoms with van der Waals surface area (Å²) in [5, 5.41) is 13.1. The van der Waals surface area contributed by atoms with Crippen molar-refractivity contribution in [1.82, 2.24) is 10.2 Å². The fraction of sp³-hybridized carbons (Fsp3) is 1.00. The lowest BCUT2D eigenvalue weighted by atomic mass is 9.97.